The van der Waals surface area contributed by atoms with Crippen LogP contribution >= 0.6 is 0 Å². The normalized spacial score (nSPS) is 15.6. The van der Waals surface area contributed by atoms with Crippen molar-refractivity contribution >= 4 is 22.4 Å². The van der Waals surface area contributed by atoms with E-state index in [-0.39, 0.29) is 5.63 Å². The summed E-state index contributed by atoms with van der Waals surface area (Å²) in [5.74, 6) is 0.847. The number of piperazine rings is 1. The van der Waals surface area contributed by atoms with Crippen molar-refractivity contribution in [3.05, 3.63) is 58.8 Å². The summed E-state index contributed by atoms with van der Waals surface area (Å²) >= 11 is 0. The van der Waals surface area contributed by atoms with Crippen LogP contribution in [0.25, 0.3) is 27.9 Å². The number of hydrogen-bond donors (Lipinski definition) is 0. The van der Waals surface area contributed by atoms with Crippen molar-refractivity contribution in [1.82, 2.24) is 19.3 Å². The highest BCUT2D eigenvalue weighted by Crippen LogP contribution is 2.24. The maximum absolute atomic E-state index is 12.7. The molecule has 1 aliphatic heterocycles. The molecule has 7 heteroatoms. The zero-order valence-electron chi connectivity index (χ0n) is 15.9. The second-order valence-electron chi connectivity index (χ2n) is 7.41. The first-order chi connectivity index (χ1) is 13.6. The fraction of sp³-hybridized carbons (Fsp3) is 0.286. The van der Waals surface area contributed by atoms with E-state index in [9.17, 15) is 4.79 Å². The van der Waals surface area contributed by atoms with Gasteiger partial charge in [-0.1, -0.05) is 0 Å². The molecule has 0 radical (unpaired) electrons. The Morgan fingerprint density at radius 1 is 1.11 bits per heavy atom. The molecule has 1 saturated heterocycles. The number of likely N-dealkylation sites (N-methyl/N-ethyl adjacent to an activating group) is 1. The Kier molecular flexibility index (Phi) is 3.91. The van der Waals surface area contributed by atoms with E-state index in [1.165, 1.54) is 0 Å². The lowest BCUT2D eigenvalue weighted by atomic mass is 10.2. The van der Waals surface area contributed by atoms with Gasteiger partial charge in [-0.05, 0) is 37.7 Å². The zero-order valence-corrected chi connectivity index (χ0v) is 15.9. The highest BCUT2D eigenvalue weighted by atomic mass is 16.4. The van der Waals surface area contributed by atoms with Crippen molar-refractivity contribution in [3.8, 4) is 11.3 Å². The summed E-state index contributed by atoms with van der Waals surface area (Å²) in [7, 11) is 2.12. The summed E-state index contributed by atoms with van der Waals surface area (Å²) < 4.78 is 7.54. The van der Waals surface area contributed by atoms with Crippen molar-refractivity contribution in [3.63, 3.8) is 0 Å². The van der Waals surface area contributed by atoms with E-state index in [1.807, 2.05) is 48.0 Å². The van der Waals surface area contributed by atoms with Crippen molar-refractivity contribution in [2.24, 2.45) is 0 Å². The summed E-state index contributed by atoms with van der Waals surface area (Å²) in [5, 5.41) is 0.792. The van der Waals surface area contributed by atoms with Crippen molar-refractivity contribution in [1.29, 1.82) is 0 Å². The summed E-state index contributed by atoms with van der Waals surface area (Å²) in [6.45, 7) is 5.84. The Hall–Kier alpha value is -3.19. The highest BCUT2D eigenvalue weighted by Gasteiger charge is 2.17. The summed E-state index contributed by atoms with van der Waals surface area (Å²) in [6, 6.07) is 7.66. The first-order valence-electron chi connectivity index (χ1n) is 9.40. The molecule has 1 fully saturated rings. The first-order valence-corrected chi connectivity index (χ1v) is 9.40. The molecular formula is C21H21N5O2. The number of hydrogen-bond acceptors (Lipinski definition) is 6. The average Bonchev–Trinajstić information content (AvgIpc) is 3.10. The van der Waals surface area contributed by atoms with E-state index in [1.54, 1.807) is 6.20 Å². The molecule has 142 valence electrons. The number of aromatic nitrogens is 3. The van der Waals surface area contributed by atoms with Gasteiger partial charge < -0.3 is 18.6 Å². The molecule has 5 rings (SSSR count). The molecule has 0 N–H and O–H groups in total. The molecule has 4 aromatic heterocycles. The minimum Gasteiger partial charge on any atom is -0.422 e. The van der Waals surface area contributed by atoms with Gasteiger partial charge in [0.1, 0.15) is 17.0 Å². The number of imidazole rings is 1. The van der Waals surface area contributed by atoms with Crippen LogP contribution in [0.5, 0.6) is 0 Å². The highest BCUT2D eigenvalue weighted by molar-refractivity contribution is 5.82. The Morgan fingerprint density at radius 2 is 1.93 bits per heavy atom. The van der Waals surface area contributed by atoms with E-state index in [0.717, 1.165) is 48.6 Å². The Balaban J connectivity index is 1.55. The van der Waals surface area contributed by atoms with Crippen LogP contribution in [0.3, 0.4) is 0 Å². The molecule has 0 spiro atoms. The van der Waals surface area contributed by atoms with Gasteiger partial charge in [-0.15, -0.1) is 0 Å². The van der Waals surface area contributed by atoms with Crippen LogP contribution in [0.2, 0.25) is 0 Å². The van der Waals surface area contributed by atoms with Gasteiger partial charge in [0.05, 0.1) is 11.3 Å². The third kappa shape index (κ3) is 2.93. The molecule has 0 unspecified atom stereocenters. The van der Waals surface area contributed by atoms with Crippen LogP contribution in [0.1, 0.15) is 5.56 Å². The van der Waals surface area contributed by atoms with Crippen molar-refractivity contribution < 1.29 is 4.42 Å². The minimum absolute atomic E-state index is 0.386. The van der Waals surface area contributed by atoms with Crippen LogP contribution < -0.4 is 10.5 Å². The molecule has 0 atom stereocenters. The number of aryl methyl sites for hydroxylation is 1. The Bertz CT molecular complexity index is 1230. The predicted molar refractivity (Wildman–Crippen MR) is 109 cm³/mol. The van der Waals surface area contributed by atoms with Crippen LogP contribution in [-0.4, -0.2) is 52.5 Å². The number of rotatable bonds is 2. The van der Waals surface area contributed by atoms with E-state index in [2.05, 4.69) is 26.8 Å². The molecular weight excluding hydrogens is 354 g/mol. The second-order valence-corrected chi connectivity index (χ2v) is 7.41. The lowest BCUT2D eigenvalue weighted by molar-refractivity contribution is 0.312. The van der Waals surface area contributed by atoms with Gasteiger partial charge in [-0.2, -0.15) is 0 Å². The fourth-order valence-electron chi connectivity index (χ4n) is 3.60. The Morgan fingerprint density at radius 3 is 2.75 bits per heavy atom. The molecule has 4 aromatic rings. The largest absolute Gasteiger partial charge is 0.422 e. The fourth-order valence-corrected chi connectivity index (χ4v) is 3.60. The molecule has 1 aliphatic rings. The molecule has 0 bridgehead atoms. The molecule has 0 amide bonds. The van der Waals surface area contributed by atoms with Gasteiger partial charge >= 0.3 is 5.63 Å². The lowest BCUT2D eigenvalue weighted by Gasteiger charge is -2.33. The topological polar surface area (TPSA) is 66.9 Å². The third-order valence-electron chi connectivity index (χ3n) is 5.32. The number of nitrogens with zero attached hydrogens (tertiary/aromatic N) is 5. The van der Waals surface area contributed by atoms with Gasteiger partial charge in [0.15, 0.2) is 0 Å². The van der Waals surface area contributed by atoms with Crippen LogP contribution in [-0.2, 0) is 0 Å². The van der Waals surface area contributed by atoms with E-state index in [4.69, 9.17) is 4.42 Å². The Labute approximate surface area is 161 Å². The quantitative estimate of drug-likeness (QED) is 0.536. The van der Waals surface area contributed by atoms with Crippen LogP contribution in [0, 0.1) is 6.92 Å². The van der Waals surface area contributed by atoms with Crippen molar-refractivity contribution in [2.75, 3.05) is 38.1 Å². The van der Waals surface area contributed by atoms with Gasteiger partial charge in [0.25, 0.3) is 0 Å². The molecule has 0 aliphatic carbocycles. The SMILES string of the molecule is Cc1ccn2cc(-c3cc4cnc(N5CCN(C)CC5)cc4oc3=O)nc2c1. The summed E-state index contributed by atoms with van der Waals surface area (Å²) in [6.07, 6.45) is 5.56. The molecule has 5 heterocycles. The lowest BCUT2D eigenvalue weighted by Crippen LogP contribution is -2.44. The molecule has 0 aromatic carbocycles. The predicted octanol–water partition coefficient (Wildman–Crippen LogP) is 2.56. The van der Waals surface area contributed by atoms with Gasteiger partial charge in [0.2, 0.25) is 0 Å². The molecule has 7 nitrogen and oxygen atoms in total. The van der Waals surface area contributed by atoms with Crippen LogP contribution in [0.4, 0.5) is 5.82 Å². The third-order valence-corrected chi connectivity index (χ3v) is 5.32. The summed E-state index contributed by atoms with van der Waals surface area (Å²) in [5.41, 5.74) is 3.14. The van der Waals surface area contributed by atoms with E-state index in [0.29, 0.717) is 16.8 Å². The first kappa shape index (κ1) is 16.9. The maximum Gasteiger partial charge on any atom is 0.345 e. The number of fused-ring (bicyclic) bond motifs is 2. The average molecular weight is 375 g/mol. The molecule has 0 saturated carbocycles. The van der Waals surface area contributed by atoms with Gasteiger partial charge in [-0.25, -0.2) is 14.8 Å². The number of anilines is 1. The zero-order chi connectivity index (χ0) is 19.3. The van der Waals surface area contributed by atoms with Gasteiger partial charge in [-0.3, -0.25) is 0 Å². The second kappa shape index (κ2) is 6.45. The monoisotopic (exact) mass is 375 g/mol. The minimum atomic E-state index is -0.386. The maximum atomic E-state index is 12.7. The van der Waals surface area contributed by atoms with E-state index < -0.39 is 0 Å². The standard InChI is InChI=1S/C21H21N5O2/c1-14-3-4-26-13-17(23-20(26)9-14)16-10-15-12-22-19(11-18(15)28-21(16)27)25-7-5-24(2)6-8-25/h3-4,9-13H,5-8H2,1-2H3. The number of pyridine rings is 2. The smallest absolute Gasteiger partial charge is 0.345 e. The van der Waals surface area contributed by atoms with Crippen LogP contribution in [0.15, 0.2) is 52.1 Å². The van der Waals surface area contributed by atoms with E-state index >= 15 is 0 Å². The molecule has 28 heavy (non-hydrogen) atoms. The van der Waals surface area contributed by atoms with Gasteiger partial charge in [0, 0.05) is 56.2 Å². The van der Waals surface area contributed by atoms with Crippen molar-refractivity contribution in [2.45, 2.75) is 6.92 Å². The summed E-state index contributed by atoms with van der Waals surface area (Å²) in [4.78, 5) is 26.3.